The molecule has 33 heavy (non-hydrogen) atoms. The Morgan fingerprint density at radius 1 is 0.879 bits per heavy atom. The summed E-state index contributed by atoms with van der Waals surface area (Å²) >= 11 is 0. The van der Waals surface area contributed by atoms with Crippen LogP contribution in [-0.4, -0.2) is 54.4 Å². The minimum atomic E-state index is -0.298. The van der Waals surface area contributed by atoms with E-state index in [0.717, 1.165) is 76.0 Å². The number of likely N-dealkylation sites (tertiary alicyclic amines) is 2. The van der Waals surface area contributed by atoms with Gasteiger partial charge < -0.3 is 14.5 Å². The number of nitrogens with zero attached hydrogens (tertiary/aromatic N) is 2. The van der Waals surface area contributed by atoms with Gasteiger partial charge in [-0.15, -0.1) is 0 Å². The number of hydrogen-bond donors (Lipinski definition) is 0. The van der Waals surface area contributed by atoms with Gasteiger partial charge >= 0.3 is 0 Å². The second-order valence-electron chi connectivity index (χ2n) is 9.90. The molecule has 2 aliphatic heterocycles. The van der Waals surface area contributed by atoms with E-state index in [4.69, 9.17) is 4.74 Å². The van der Waals surface area contributed by atoms with E-state index in [2.05, 4.69) is 17.0 Å². The van der Waals surface area contributed by atoms with Crippen LogP contribution in [0.4, 0.5) is 0 Å². The van der Waals surface area contributed by atoms with Crippen LogP contribution in [0.25, 0.3) is 0 Å². The monoisotopic (exact) mass is 446 g/mol. The second kappa shape index (κ2) is 9.58. The van der Waals surface area contributed by atoms with E-state index >= 15 is 0 Å². The van der Waals surface area contributed by atoms with Crippen LogP contribution in [0.3, 0.4) is 0 Å². The minimum absolute atomic E-state index is 0.102. The molecule has 2 aromatic rings. The minimum Gasteiger partial charge on any atom is -0.493 e. The Morgan fingerprint density at radius 2 is 1.64 bits per heavy atom. The molecule has 5 rings (SSSR count). The Balaban J connectivity index is 1.18. The second-order valence-corrected chi connectivity index (χ2v) is 9.90. The molecule has 1 saturated carbocycles. The first kappa shape index (κ1) is 22.0. The van der Waals surface area contributed by atoms with E-state index < -0.39 is 0 Å². The van der Waals surface area contributed by atoms with Gasteiger partial charge in [-0.3, -0.25) is 9.59 Å². The zero-order valence-electron chi connectivity index (χ0n) is 19.4. The molecule has 2 heterocycles. The maximum absolute atomic E-state index is 13.4. The number of benzene rings is 2. The van der Waals surface area contributed by atoms with E-state index in [1.165, 1.54) is 6.42 Å². The molecule has 0 N–H and O–H groups in total. The average molecular weight is 447 g/mol. The van der Waals surface area contributed by atoms with Gasteiger partial charge in [-0.05, 0) is 68.7 Å². The third-order valence-electron chi connectivity index (χ3n) is 7.50. The molecule has 0 spiro atoms. The molecule has 2 saturated heterocycles. The third-order valence-corrected chi connectivity index (χ3v) is 7.50. The standard InChI is InChI=1S/C28H34N2O3/c31-26(29-16-5-2-6-17-29)23-10-7-13-25(19-23)33-21-22-9-8-18-30(20-22)27(32)28(14-15-28)24-11-3-1-4-12-24/h1,3-4,7,10-13,19,22H,2,5-6,8-9,14-18,20-21H2/t22-/m0/s1. The molecule has 2 aromatic carbocycles. The zero-order chi connectivity index (χ0) is 22.7. The summed E-state index contributed by atoms with van der Waals surface area (Å²) in [6.45, 7) is 3.85. The predicted octanol–water partition coefficient (Wildman–Crippen LogP) is 4.66. The highest BCUT2D eigenvalue weighted by Gasteiger charge is 2.53. The molecule has 2 amide bonds. The number of carbonyl (C=O) groups excluding carboxylic acids is 2. The topological polar surface area (TPSA) is 49.9 Å². The SMILES string of the molecule is O=C(c1cccc(OC[C@H]2CCCN(C(=O)C3(c4ccccc4)CC3)C2)c1)N1CCCCC1. The van der Waals surface area contributed by atoms with Gasteiger partial charge in [0.05, 0.1) is 12.0 Å². The molecule has 1 atom stereocenters. The maximum Gasteiger partial charge on any atom is 0.253 e. The fourth-order valence-electron chi connectivity index (χ4n) is 5.41. The van der Waals surface area contributed by atoms with Crippen LogP contribution in [0.1, 0.15) is 60.9 Å². The van der Waals surface area contributed by atoms with Crippen LogP contribution in [-0.2, 0) is 10.2 Å². The van der Waals surface area contributed by atoms with Gasteiger partial charge in [0.25, 0.3) is 5.91 Å². The van der Waals surface area contributed by atoms with Crippen molar-refractivity contribution in [2.75, 3.05) is 32.8 Å². The smallest absolute Gasteiger partial charge is 0.253 e. The average Bonchev–Trinajstić information content (AvgIpc) is 3.70. The van der Waals surface area contributed by atoms with Crippen molar-refractivity contribution in [1.82, 2.24) is 9.80 Å². The van der Waals surface area contributed by atoms with Crippen molar-refractivity contribution < 1.29 is 14.3 Å². The van der Waals surface area contributed by atoms with Gasteiger partial charge in [0.15, 0.2) is 0 Å². The van der Waals surface area contributed by atoms with Crippen molar-refractivity contribution in [2.24, 2.45) is 5.92 Å². The molecule has 0 bridgehead atoms. The molecule has 1 aliphatic carbocycles. The highest BCUT2D eigenvalue weighted by molar-refractivity contribution is 5.94. The first-order valence-electron chi connectivity index (χ1n) is 12.5. The Hall–Kier alpha value is -2.82. The molecule has 5 nitrogen and oxygen atoms in total. The van der Waals surface area contributed by atoms with Gasteiger partial charge in [0, 0.05) is 37.7 Å². The summed E-state index contributed by atoms with van der Waals surface area (Å²) < 4.78 is 6.13. The summed E-state index contributed by atoms with van der Waals surface area (Å²) in [5, 5.41) is 0. The van der Waals surface area contributed by atoms with E-state index in [1.807, 2.05) is 47.4 Å². The van der Waals surface area contributed by atoms with Crippen LogP contribution in [0.15, 0.2) is 54.6 Å². The highest BCUT2D eigenvalue weighted by atomic mass is 16.5. The van der Waals surface area contributed by atoms with Crippen LogP contribution in [0, 0.1) is 5.92 Å². The quantitative estimate of drug-likeness (QED) is 0.648. The van der Waals surface area contributed by atoms with Gasteiger partial charge in [-0.2, -0.15) is 0 Å². The molecule has 0 radical (unpaired) electrons. The van der Waals surface area contributed by atoms with Gasteiger partial charge in [-0.1, -0.05) is 36.4 Å². The number of ether oxygens (including phenoxy) is 1. The van der Waals surface area contributed by atoms with Crippen molar-refractivity contribution in [3.05, 3.63) is 65.7 Å². The maximum atomic E-state index is 13.4. The molecule has 174 valence electrons. The van der Waals surface area contributed by atoms with E-state index in [1.54, 1.807) is 0 Å². The normalized spacial score (nSPS) is 22.0. The molecule has 0 unspecified atom stereocenters. The van der Waals surface area contributed by atoms with E-state index in [0.29, 0.717) is 18.1 Å². The van der Waals surface area contributed by atoms with Crippen molar-refractivity contribution in [2.45, 2.75) is 50.4 Å². The molecule has 0 aromatic heterocycles. The molecule has 5 heteroatoms. The Labute approximate surface area is 196 Å². The van der Waals surface area contributed by atoms with Crippen LogP contribution < -0.4 is 4.74 Å². The molecule has 3 aliphatic rings. The van der Waals surface area contributed by atoms with Crippen molar-refractivity contribution in [1.29, 1.82) is 0 Å². The largest absolute Gasteiger partial charge is 0.493 e. The number of rotatable bonds is 6. The van der Waals surface area contributed by atoms with Crippen molar-refractivity contribution in [3.8, 4) is 5.75 Å². The number of piperidine rings is 2. The lowest BCUT2D eigenvalue weighted by Crippen LogP contribution is -2.46. The third kappa shape index (κ3) is 4.78. The number of hydrogen-bond acceptors (Lipinski definition) is 3. The summed E-state index contributed by atoms with van der Waals surface area (Å²) in [6.07, 6.45) is 7.36. The first-order chi connectivity index (χ1) is 16.2. The van der Waals surface area contributed by atoms with E-state index in [-0.39, 0.29) is 17.2 Å². The van der Waals surface area contributed by atoms with E-state index in [9.17, 15) is 9.59 Å². The molecular formula is C28H34N2O3. The van der Waals surface area contributed by atoms with Crippen molar-refractivity contribution in [3.63, 3.8) is 0 Å². The molecule has 3 fully saturated rings. The highest BCUT2D eigenvalue weighted by Crippen LogP contribution is 2.50. The lowest BCUT2D eigenvalue weighted by atomic mass is 9.91. The summed E-state index contributed by atoms with van der Waals surface area (Å²) in [4.78, 5) is 30.2. The van der Waals surface area contributed by atoms with Crippen LogP contribution in [0.2, 0.25) is 0 Å². The van der Waals surface area contributed by atoms with Gasteiger partial charge in [-0.25, -0.2) is 0 Å². The van der Waals surface area contributed by atoms with Gasteiger partial charge in [0.1, 0.15) is 5.75 Å². The zero-order valence-corrected chi connectivity index (χ0v) is 19.4. The summed E-state index contributed by atoms with van der Waals surface area (Å²) in [6, 6.07) is 17.8. The number of carbonyl (C=O) groups is 2. The number of amides is 2. The van der Waals surface area contributed by atoms with Crippen LogP contribution in [0.5, 0.6) is 5.75 Å². The van der Waals surface area contributed by atoms with Crippen molar-refractivity contribution >= 4 is 11.8 Å². The molecular weight excluding hydrogens is 412 g/mol. The lowest BCUT2D eigenvalue weighted by Gasteiger charge is -2.35. The lowest BCUT2D eigenvalue weighted by molar-refractivity contribution is -0.136. The predicted molar refractivity (Wildman–Crippen MR) is 128 cm³/mol. The Morgan fingerprint density at radius 3 is 2.39 bits per heavy atom. The van der Waals surface area contributed by atoms with Crippen LogP contribution >= 0.6 is 0 Å². The summed E-state index contributed by atoms with van der Waals surface area (Å²) in [7, 11) is 0. The fraction of sp³-hybridized carbons (Fsp3) is 0.500. The summed E-state index contributed by atoms with van der Waals surface area (Å²) in [5.74, 6) is 1.44. The fourth-order valence-corrected chi connectivity index (χ4v) is 5.41. The first-order valence-corrected chi connectivity index (χ1v) is 12.5. The van der Waals surface area contributed by atoms with Gasteiger partial charge in [0.2, 0.25) is 5.91 Å². The summed E-state index contributed by atoms with van der Waals surface area (Å²) in [5.41, 5.74) is 1.56. The Kier molecular flexibility index (Phi) is 6.39. The Bertz CT molecular complexity index is 980.